The lowest BCUT2D eigenvalue weighted by atomic mass is 10.1. The van der Waals surface area contributed by atoms with Gasteiger partial charge < -0.3 is 20.5 Å². The minimum absolute atomic E-state index is 0.183. The molecule has 0 aliphatic heterocycles. The summed E-state index contributed by atoms with van der Waals surface area (Å²) in [5.74, 6) is 1.14. The normalized spacial score (nSPS) is 10.8. The smallest absolute Gasteiger partial charge is 0.257 e. The molecule has 5 aromatic rings. The number of benzene rings is 1. The van der Waals surface area contributed by atoms with Gasteiger partial charge in [-0.05, 0) is 35.9 Å². The molecule has 10 heteroatoms. The summed E-state index contributed by atoms with van der Waals surface area (Å²) in [6.07, 6.45) is 5.04. The lowest BCUT2D eigenvalue weighted by Gasteiger charge is -2.13. The van der Waals surface area contributed by atoms with Gasteiger partial charge in [0.1, 0.15) is 11.3 Å². The second-order valence-corrected chi connectivity index (χ2v) is 7.53. The number of ether oxygens (including phenoxy) is 2. The molecule has 0 saturated carbocycles. The Hall–Kier alpha value is -4.99. The fourth-order valence-electron chi connectivity index (χ4n) is 3.55. The monoisotopic (exact) mass is 467 g/mol. The van der Waals surface area contributed by atoms with E-state index in [9.17, 15) is 4.79 Å². The molecule has 0 radical (unpaired) electrons. The predicted octanol–water partition coefficient (Wildman–Crippen LogP) is 3.50. The molecular weight excluding hydrogens is 446 g/mol. The summed E-state index contributed by atoms with van der Waals surface area (Å²) < 4.78 is 12.8. The van der Waals surface area contributed by atoms with Crippen molar-refractivity contribution in [2.24, 2.45) is 0 Å². The first-order chi connectivity index (χ1) is 17.1. The third-order valence-electron chi connectivity index (χ3n) is 5.24. The fourth-order valence-corrected chi connectivity index (χ4v) is 3.55. The third-order valence-corrected chi connectivity index (χ3v) is 5.24. The molecule has 4 heterocycles. The van der Waals surface area contributed by atoms with Crippen LogP contribution < -0.4 is 20.5 Å². The van der Waals surface area contributed by atoms with E-state index in [1.165, 1.54) is 7.11 Å². The number of carbonyl (C=O) groups excluding carboxylic acids is 1. The summed E-state index contributed by atoms with van der Waals surface area (Å²) in [4.78, 5) is 25.8. The van der Waals surface area contributed by atoms with E-state index < -0.39 is 0 Å². The van der Waals surface area contributed by atoms with Gasteiger partial charge in [-0.1, -0.05) is 24.3 Å². The Morgan fingerprint density at radius 2 is 1.91 bits per heavy atom. The van der Waals surface area contributed by atoms with Crippen LogP contribution in [0.25, 0.3) is 16.8 Å². The lowest BCUT2D eigenvalue weighted by molar-refractivity contribution is 0.0947. The van der Waals surface area contributed by atoms with E-state index in [0.29, 0.717) is 22.8 Å². The zero-order chi connectivity index (χ0) is 24.2. The third kappa shape index (κ3) is 4.71. The number of pyridine rings is 3. The number of nitrogens with two attached hydrogens (primary N) is 1. The Labute approximate surface area is 200 Å². The summed E-state index contributed by atoms with van der Waals surface area (Å²) in [5, 5.41) is 7.00. The van der Waals surface area contributed by atoms with Crippen LogP contribution in [0.15, 0.2) is 79.3 Å². The summed E-state index contributed by atoms with van der Waals surface area (Å²) >= 11 is 0. The number of hydrogen-bond donors (Lipinski definition) is 2. The van der Waals surface area contributed by atoms with Crippen LogP contribution in [-0.4, -0.2) is 37.6 Å². The van der Waals surface area contributed by atoms with Crippen LogP contribution >= 0.6 is 0 Å². The Morgan fingerprint density at radius 3 is 2.74 bits per heavy atom. The van der Waals surface area contributed by atoms with Crippen LogP contribution in [0.5, 0.6) is 17.5 Å². The number of nitrogens with zero attached hydrogens (tertiary/aromatic N) is 5. The number of methoxy groups -OCH3 is 1. The van der Waals surface area contributed by atoms with E-state index in [1.54, 1.807) is 35.2 Å². The van der Waals surface area contributed by atoms with Crippen molar-refractivity contribution in [3.05, 3.63) is 90.4 Å². The first kappa shape index (κ1) is 21.8. The summed E-state index contributed by atoms with van der Waals surface area (Å²) in [6, 6.07) is 18.3. The molecule has 0 saturated heterocycles. The largest absolute Gasteiger partial charge is 0.480 e. The van der Waals surface area contributed by atoms with Crippen LogP contribution in [0, 0.1) is 0 Å². The first-order valence-electron chi connectivity index (χ1n) is 10.7. The average molecular weight is 467 g/mol. The zero-order valence-corrected chi connectivity index (χ0v) is 18.8. The second kappa shape index (κ2) is 9.48. The molecule has 1 amide bonds. The van der Waals surface area contributed by atoms with Gasteiger partial charge >= 0.3 is 0 Å². The number of aromatic nitrogens is 5. The van der Waals surface area contributed by atoms with Gasteiger partial charge in [-0.3, -0.25) is 4.79 Å². The highest BCUT2D eigenvalue weighted by molar-refractivity contribution is 5.97. The van der Waals surface area contributed by atoms with Crippen molar-refractivity contribution >= 4 is 17.5 Å². The molecule has 4 aromatic heterocycles. The molecule has 0 aliphatic carbocycles. The van der Waals surface area contributed by atoms with E-state index in [4.69, 9.17) is 15.2 Å². The maximum Gasteiger partial charge on any atom is 0.257 e. The SMILES string of the molecule is COc1ncc(-c2ccn3nc(N)nc3c2)cc1C(=O)NCc1ccccc1Oc1ccccn1. The number of hydrogen-bond acceptors (Lipinski definition) is 8. The van der Waals surface area contributed by atoms with E-state index in [2.05, 4.69) is 25.4 Å². The van der Waals surface area contributed by atoms with Crippen molar-refractivity contribution in [2.45, 2.75) is 6.54 Å². The van der Waals surface area contributed by atoms with Gasteiger partial charge in [0.25, 0.3) is 5.91 Å². The Morgan fingerprint density at radius 1 is 1.06 bits per heavy atom. The van der Waals surface area contributed by atoms with Crippen molar-refractivity contribution in [3.8, 4) is 28.6 Å². The van der Waals surface area contributed by atoms with Gasteiger partial charge in [-0.25, -0.2) is 14.5 Å². The number of nitrogen functional groups attached to an aromatic ring is 1. The van der Waals surface area contributed by atoms with Gasteiger partial charge in [0, 0.05) is 42.3 Å². The molecule has 0 spiro atoms. The van der Waals surface area contributed by atoms with Crippen LogP contribution in [0.3, 0.4) is 0 Å². The molecular formula is C25H21N7O3. The molecule has 3 N–H and O–H groups in total. The van der Waals surface area contributed by atoms with Gasteiger partial charge in [0.05, 0.1) is 7.11 Å². The van der Waals surface area contributed by atoms with Gasteiger partial charge in [0.15, 0.2) is 5.65 Å². The number of fused-ring (bicyclic) bond motifs is 1. The van der Waals surface area contributed by atoms with Crippen LogP contribution in [0.2, 0.25) is 0 Å². The maximum atomic E-state index is 13.1. The van der Waals surface area contributed by atoms with Gasteiger partial charge in [-0.15, -0.1) is 5.10 Å². The average Bonchev–Trinajstić information content (AvgIpc) is 3.27. The number of amides is 1. The van der Waals surface area contributed by atoms with Crippen molar-refractivity contribution in [1.82, 2.24) is 29.9 Å². The molecule has 5 rings (SSSR count). The van der Waals surface area contributed by atoms with E-state index in [0.717, 1.165) is 16.7 Å². The molecule has 10 nitrogen and oxygen atoms in total. The summed E-state index contributed by atoms with van der Waals surface area (Å²) in [7, 11) is 1.47. The van der Waals surface area contributed by atoms with E-state index in [1.807, 2.05) is 48.5 Å². The minimum atomic E-state index is -0.336. The zero-order valence-electron chi connectivity index (χ0n) is 18.8. The van der Waals surface area contributed by atoms with Crippen molar-refractivity contribution in [3.63, 3.8) is 0 Å². The Bertz CT molecular complexity index is 1500. The first-order valence-corrected chi connectivity index (χ1v) is 10.7. The summed E-state index contributed by atoms with van der Waals surface area (Å²) in [5.41, 5.74) is 8.89. The van der Waals surface area contributed by atoms with Crippen molar-refractivity contribution in [2.75, 3.05) is 12.8 Å². The maximum absolute atomic E-state index is 13.1. The number of para-hydroxylation sites is 1. The summed E-state index contributed by atoms with van der Waals surface area (Å²) in [6.45, 7) is 0.236. The molecule has 0 unspecified atom stereocenters. The van der Waals surface area contributed by atoms with E-state index >= 15 is 0 Å². The van der Waals surface area contributed by atoms with Crippen LogP contribution in [-0.2, 0) is 6.54 Å². The van der Waals surface area contributed by atoms with Crippen LogP contribution in [0.4, 0.5) is 5.95 Å². The molecule has 0 aliphatic rings. The Balaban J connectivity index is 1.38. The topological polar surface area (TPSA) is 130 Å². The van der Waals surface area contributed by atoms with Gasteiger partial charge in [0.2, 0.25) is 17.7 Å². The molecule has 0 fully saturated rings. The van der Waals surface area contributed by atoms with Crippen molar-refractivity contribution < 1.29 is 14.3 Å². The van der Waals surface area contributed by atoms with Gasteiger partial charge in [-0.2, -0.15) is 4.98 Å². The fraction of sp³-hybridized carbons (Fsp3) is 0.0800. The number of carbonyl (C=O) groups is 1. The standard InChI is InChI=1S/C25H21N7O3/c1-34-24-19(12-18(15-29-24)16-9-11-32-21(13-16)30-25(26)31-32)23(33)28-14-17-6-2-3-7-20(17)35-22-8-4-5-10-27-22/h2-13,15H,14H2,1H3,(H2,26,31)(H,28,33). The van der Waals surface area contributed by atoms with Crippen molar-refractivity contribution in [1.29, 1.82) is 0 Å². The highest BCUT2D eigenvalue weighted by Gasteiger charge is 2.17. The molecule has 1 aromatic carbocycles. The highest BCUT2D eigenvalue weighted by atomic mass is 16.5. The number of anilines is 1. The minimum Gasteiger partial charge on any atom is -0.480 e. The number of rotatable bonds is 7. The molecule has 0 bridgehead atoms. The highest BCUT2D eigenvalue weighted by Crippen LogP contribution is 2.26. The predicted molar refractivity (Wildman–Crippen MR) is 129 cm³/mol. The lowest BCUT2D eigenvalue weighted by Crippen LogP contribution is -2.24. The Kier molecular flexibility index (Phi) is 5.91. The molecule has 174 valence electrons. The molecule has 0 atom stereocenters. The van der Waals surface area contributed by atoms with E-state index in [-0.39, 0.29) is 24.3 Å². The van der Waals surface area contributed by atoms with Crippen LogP contribution in [0.1, 0.15) is 15.9 Å². The second-order valence-electron chi connectivity index (χ2n) is 7.53. The number of nitrogens with one attached hydrogen (secondary N) is 1. The quantitative estimate of drug-likeness (QED) is 0.372. The molecule has 35 heavy (non-hydrogen) atoms.